The first-order valence-electron chi connectivity index (χ1n) is 7.62. The Bertz CT molecular complexity index is 716. The average Bonchev–Trinajstić information content (AvgIpc) is 2.89. The van der Waals surface area contributed by atoms with Gasteiger partial charge in [0.05, 0.1) is 24.5 Å². The lowest BCUT2D eigenvalue weighted by Crippen LogP contribution is -2.41. The molecule has 0 spiro atoms. The van der Waals surface area contributed by atoms with Crippen LogP contribution in [-0.2, 0) is 17.8 Å². The Labute approximate surface area is 134 Å². The van der Waals surface area contributed by atoms with Gasteiger partial charge >= 0.3 is 6.09 Å². The van der Waals surface area contributed by atoms with Gasteiger partial charge in [0.25, 0.3) is 0 Å². The molecule has 2 heterocycles. The highest BCUT2D eigenvalue weighted by molar-refractivity contribution is 5.68. The Morgan fingerprint density at radius 2 is 1.91 bits per heavy atom. The molecular weight excluding hydrogens is 297 g/mol. The number of hydrogen-bond acceptors (Lipinski definition) is 3. The number of aromatic nitrogens is 2. The summed E-state index contributed by atoms with van der Waals surface area (Å²) < 4.78 is 20.3. The van der Waals surface area contributed by atoms with Crippen molar-refractivity contribution in [3.63, 3.8) is 0 Å². The summed E-state index contributed by atoms with van der Waals surface area (Å²) in [5.41, 5.74) is 2.08. The molecule has 1 aliphatic rings. The average molecular weight is 317 g/mol. The summed E-state index contributed by atoms with van der Waals surface area (Å²) in [7, 11) is 0. The topological polar surface area (TPSA) is 47.4 Å². The lowest BCUT2D eigenvalue weighted by molar-refractivity contribution is 0.0194. The maximum Gasteiger partial charge on any atom is 0.410 e. The van der Waals surface area contributed by atoms with E-state index in [9.17, 15) is 9.18 Å². The zero-order valence-electron chi connectivity index (χ0n) is 13.5. The first-order chi connectivity index (χ1) is 10.8. The third kappa shape index (κ3) is 3.52. The van der Waals surface area contributed by atoms with Gasteiger partial charge in [0.2, 0.25) is 0 Å². The first kappa shape index (κ1) is 15.5. The van der Waals surface area contributed by atoms with Crippen LogP contribution in [0.5, 0.6) is 0 Å². The zero-order valence-corrected chi connectivity index (χ0v) is 13.5. The van der Waals surface area contributed by atoms with Gasteiger partial charge in [0, 0.05) is 12.1 Å². The molecule has 5 nitrogen and oxygen atoms in total. The molecule has 0 atom stereocenters. The van der Waals surface area contributed by atoms with Crippen molar-refractivity contribution in [2.24, 2.45) is 0 Å². The number of carbonyl (C=O) groups is 1. The molecule has 0 unspecified atom stereocenters. The van der Waals surface area contributed by atoms with Crippen LogP contribution in [0.1, 0.15) is 26.5 Å². The minimum Gasteiger partial charge on any atom is -0.444 e. The molecule has 6 heteroatoms. The molecule has 0 fully saturated rings. The number of carbonyl (C=O) groups excluding carboxylic acids is 1. The third-order valence-corrected chi connectivity index (χ3v) is 3.59. The van der Waals surface area contributed by atoms with Crippen LogP contribution < -0.4 is 0 Å². The highest BCUT2D eigenvalue weighted by Crippen LogP contribution is 2.23. The van der Waals surface area contributed by atoms with Gasteiger partial charge in [-0.15, -0.1) is 0 Å². The van der Waals surface area contributed by atoms with Gasteiger partial charge in [0.15, 0.2) is 0 Å². The SMILES string of the molecule is CC(C)(C)OC(=O)N1CCn2nc(-c3ccc(F)cc3)cc2C1. The normalized spacial score (nSPS) is 14.5. The van der Waals surface area contributed by atoms with E-state index < -0.39 is 5.60 Å². The summed E-state index contributed by atoms with van der Waals surface area (Å²) >= 11 is 0. The molecule has 23 heavy (non-hydrogen) atoms. The molecule has 0 radical (unpaired) electrons. The Balaban J connectivity index is 1.77. The third-order valence-electron chi connectivity index (χ3n) is 3.59. The molecular formula is C17H20FN3O2. The summed E-state index contributed by atoms with van der Waals surface area (Å²) in [6.07, 6.45) is -0.312. The molecule has 0 bridgehead atoms. The van der Waals surface area contributed by atoms with Crippen molar-refractivity contribution in [3.05, 3.63) is 41.8 Å². The van der Waals surface area contributed by atoms with Gasteiger partial charge in [-0.05, 0) is 51.1 Å². The lowest BCUT2D eigenvalue weighted by atomic mass is 10.1. The van der Waals surface area contributed by atoms with Crippen LogP contribution in [0, 0.1) is 5.82 Å². The molecule has 1 aliphatic heterocycles. The molecule has 2 aromatic rings. The van der Waals surface area contributed by atoms with Crippen LogP contribution >= 0.6 is 0 Å². The van der Waals surface area contributed by atoms with Gasteiger partial charge < -0.3 is 9.64 Å². The van der Waals surface area contributed by atoms with Crippen LogP contribution in [0.4, 0.5) is 9.18 Å². The molecule has 0 N–H and O–H groups in total. The summed E-state index contributed by atoms with van der Waals surface area (Å²) in [5, 5.41) is 4.53. The first-order valence-corrected chi connectivity index (χ1v) is 7.62. The van der Waals surface area contributed by atoms with Crippen LogP contribution in [0.3, 0.4) is 0 Å². The number of hydrogen-bond donors (Lipinski definition) is 0. The Kier molecular flexibility index (Phi) is 3.83. The summed E-state index contributed by atoms with van der Waals surface area (Å²) in [4.78, 5) is 13.8. The summed E-state index contributed by atoms with van der Waals surface area (Å²) in [6, 6.07) is 8.18. The highest BCUT2D eigenvalue weighted by Gasteiger charge is 2.26. The second-order valence-electron chi connectivity index (χ2n) is 6.65. The quantitative estimate of drug-likeness (QED) is 0.809. The van der Waals surface area contributed by atoms with Crippen molar-refractivity contribution in [2.45, 2.75) is 39.5 Å². The second kappa shape index (κ2) is 5.68. The molecule has 0 aliphatic carbocycles. The van der Waals surface area contributed by atoms with E-state index in [0.29, 0.717) is 19.6 Å². The van der Waals surface area contributed by atoms with Gasteiger partial charge in [0.1, 0.15) is 11.4 Å². The standard InChI is InChI=1S/C17H20FN3O2/c1-17(2,3)23-16(22)20-8-9-21-14(11-20)10-15(19-21)12-4-6-13(18)7-5-12/h4-7,10H,8-9,11H2,1-3H3. The van der Waals surface area contributed by atoms with Gasteiger partial charge in [-0.3, -0.25) is 4.68 Å². The lowest BCUT2D eigenvalue weighted by Gasteiger charge is -2.30. The van der Waals surface area contributed by atoms with E-state index in [4.69, 9.17) is 4.74 Å². The maximum absolute atomic E-state index is 13.0. The minimum absolute atomic E-state index is 0.270. The molecule has 1 aromatic heterocycles. The van der Waals surface area contributed by atoms with Crippen molar-refractivity contribution in [1.29, 1.82) is 0 Å². The van der Waals surface area contributed by atoms with E-state index in [-0.39, 0.29) is 11.9 Å². The number of amides is 1. The molecule has 122 valence electrons. The predicted octanol–water partition coefficient (Wildman–Crippen LogP) is 3.44. The van der Waals surface area contributed by atoms with Crippen LogP contribution in [-0.4, -0.2) is 32.9 Å². The number of ether oxygens (including phenoxy) is 1. The number of nitrogens with zero attached hydrogens (tertiary/aromatic N) is 3. The van der Waals surface area contributed by atoms with Crippen molar-refractivity contribution >= 4 is 6.09 Å². The van der Waals surface area contributed by atoms with E-state index in [1.54, 1.807) is 17.0 Å². The van der Waals surface area contributed by atoms with Crippen molar-refractivity contribution < 1.29 is 13.9 Å². The fourth-order valence-corrected chi connectivity index (χ4v) is 2.51. The van der Waals surface area contributed by atoms with Crippen molar-refractivity contribution in [2.75, 3.05) is 6.54 Å². The van der Waals surface area contributed by atoms with Crippen LogP contribution in [0.2, 0.25) is 0 Å². The summed E-state index contributed by atoms with van der Waals surface area (Å²) in [5.74, 6) is -0.270. The van der Waals surface area contributed by atoms with E-state index >= 15 is 0 Å². The monoisotopic (exact) mass is 317 g/mol. The van der Waals surface area contributed by atoms with E-state index in [1.165, 1.54) is 12.1 Å². The molecule has 0 saturated carbocycles. The number of rotatable bonds is 1. The maximum atomic E-state index is 13.0. The van der Waals surface area contributed by atoms with Gasteiger partial charge in [-0.2, -0.15) is 5.10 Å². The Morgan fingerprint density at radius 3 is 2.57 bits per heavy atom. The van der Waals surface area contributed by atoms with Crippen LogP contribution in [0.15, 0.2) is 30.3 Å². The number of benzene rings is 1. The van der Waals surface area contributed by atoms with E-state index in [1.807, 2.05) is 31.5 Å². The van der Waals surface area contributed by atoms with Crippen molar-refractivity contribution in [3.8, 4) is 11.3 Å². The van der Waals surface area contributed by atoms with E-state index in [0.717, 1.165) is 17.0 Å². The fourth-order valence-electron chi connectivity index (χ4n) is 2.51. The van der Waals surface area contributed by atoms with E-state index in [2.05, 4.69) is 5.10 Å². The highest BCUT2D eigenvalue weighted by atomic mass is 19.1. The largest absolute Gasteiger partial charge is 0.444 e. The molecule has 1 amide bonds. The second-order valence-corrected chi connectivity index (χ2v) is 6.65. The Morgan fingerprint density at radius 1 is 1.22 bits per heavy atom. The minimum atomic E-state index is -0.506. The molecule has 1 aromatic carbocycles. The smallest absolute Gasteiger partial charge is 0.410 e. The molecule has 0 saturated heterocycles. The number of fused-ring (bicyclic) bond motifs is 1. The van der Waals surface area contributed by atoms with Crippen LogP contribution in [0.25, 0.3) is 11.3 Å². The summed E-state index contributed by atoms with van der Waals surface area (Å²) in [6.45, 7) is 7.20. The van der Waals surface area contributed by atoms with Gasteiger partial charge in [-0.1, -0.05) is 0 Å². The predicted molar refractivity (Wildman–Crippen MR) is 84.3 cm³/mol. The fraction of sp³-hybridized carbons (Fsp3) is 0.412. The molecule has 3 rings (SSSR count). The zero-order chi connectivity index (χ0) is 16.6. The number of halogens is 1. The van der Waals surface area contributed by atoms with Crippen molar-refractivity contribution in [1.82, 2.24) is 14.7 Å². The Hall–Kier alpha value is -2.37. The van der Waals surface area contributed by atoms with Gasteiger partial charge in [-0.25, -0.2) is 9.18 Å².